The van der Waals surface area contributed by atoms with Crippen LogP contribution in [-0.4, -0.2) is 35.2 Å². The van der Waals surface area contributed by atoms with E-state index in [1.165, 1.54) is 16.0 Å². The van der Waals surface area contributed by atoms with Crippen molar-refractivity contribution >= 4 is 52.8 Å². The number of phenols is 1. The molecule has 0 bridgehead atoms. The lowest BCUT2D eigenvalue weighted by atomic mass is 9.57. The lowest BCUT2D eigenvalue weighted by molar-refractivity contribution is -0.122. The van der Waals surface area contributed by atoms with Crippen molar-refractivity contribution in [3.8, 4) is 5.75 Å². The van der Waals surface area contributed by atoms with Gasteiger partial charge in [-0.25, -0.2) is 0 Å². The Morgan fingerprint density at radius 3 is 2.32 bits per heavy atom. The van der Waals surface area contributed by atoms with Crippen LogP contribution in [0.2, 0.25) is 6.32 Å². The van der Waals surface area contributed by atoms with Gasteiger partial charge in [0.1, 0.15) is 5.75 Å². The number of hydrogen-bond donors (Lipinski definition) is 3. The van der Waals surface area contributed by atoms with Gasteiger partial charge in [-0.15, -0.1) is 0 Å². The third-order valence-electron chi connectivity index (χ3n) is 10.7. The molecule has 3 N–H and O–H groups in total. The van der Waals surface area contributed by atoms with Gasteiger partial charge in [-0.3, -0.25) is 14.5 Å². The molecule has 3 aliphatic rings. The molecule has 0 aromatic heterocycles. The summed E-state index contributed by atoms with van der Waals surface area (Å²) in [7, 11) is -1.01. The average Bonchev–Trinajstić information content (AvgIpc) is 3.37. The van der Waals surface area contributed by atoms with Crippen LogP contribution in [0.1, 0.15) is 58.4 Å². The first-order chi connectivity index (χ1) is 24.2. The maximum Gasteiger partial charge on any atom is 0.455 e. The number of allylic oxidation sites excluding steroid dienone is 2. The summed E-state index contributed by atoms with van der Waals surface area (Å²) < 4.78 is 6.31. The number of fused-ring (bicyclic) bond motifs is 4. The van der Waals surface area contributed by atoms with Gasteiger partial charge in [0.25, 0.3) is 0 Å². The van der Waals surface area contributed by atoms with Crippen LogP contribution in [0.3, 0.4) is 0 Å². The van der Waals surface area contributed by atoms with Crippen LogP contribution in [0, 0.1) is 23.7 Å². The molecule has 50 heavy (non-hydrogen) atoms. The SMILES string of the molecule is CCC/C(=C\c1ccc(O)c2ccccc12)CC[C@H]1OB(O)C[C@H]2C1=C(C(C)C)C[C@H]1C(=O)N(c3ccc(Nc4ccccc4)cc3)C(=O)[C@H]12. The highest BCUT2D eigenvalue weighted by Gasteiger charge is 2.57. The smallest absolute Gasteiger partial charge is 0.455 e. The van der Waals surface area contributed by atoms with E-state index in [2.05, 4.69) is 32.2 Å². The van der Waals surface area contributed by atoms with E-state index in [1.807, 2.05) is 84.9 Å². The third-order valence-corrected chi connectivity index (χ3v) is 10.7. The number of rotatable bonds is 10. The number of nitrogens with one attached hydrogen (secondary N) is 1. The molecule has 2 fully saturated rings. The number of imide groups is 1. The van der Waals surface area contributed by atoms with Gasteiger partial charge >= 0.3 is 7.12 Å². The number of anilines is 3. The molecule has 0 spiro atoms. The van der Waals surface area contributed by atoms with Gasteiger partial charge in [-0.1, -0.05) is 92.9 Å². The van der Waals surface area contributed by atoms with Gasteiger partial charge in [0, 0.05) is 16.8 Å². The number of aromatic hydroxyl groups is 1. The van der Waals surface area contributed by atoms with Gasteiger partial charge in [0.15, 0.2) is 0 Å². The lowest BCUT2D eigenvalue weighted by Gasteiger charge is -2.44. The van der Waals surface area contributed by atoms with Crippen molar-refractivity contribution in [2.75, 3.05) is 10.2 Å². The first-order valence-corrected chi connectivity index (χ1v) is 18.0. The van der Waals surface area contributed by atoms with Gasteiger partial charge < -0.3 is 20.1 Å². The molecule has 7 nitrogen and oxygen atoms in total. The first-order valence-electron chi connectivity index (χ1n) is 18.0. The molecule has 4 aromatic rings. The van der Waals surface area contributed by atoms with Gasteiger partial charge in [-0.2, -0.15) is 0 Å². The fourth-order valence-corrected chi connectivity index (χ4v) is 8.45. The Morgan fingerprint density at radius 2 is 1.60 bits per heavy atom. The standard InChI is InChI=1S/C42H45BN2O5/c1-4-10-27(23-28-16-21-37(46)33-14-9-8-13-32(28)33)15-22-38-39-34(26(2)3)24-35-40(36(39)25-43(49)50-38)42(48)45(41(35)47)31-19-17-30(18-20-31)44-29-11-6-5-7-12-29/h5-9,11-14,16-21,23,26,35-36,38,40,44,46,49H,4,10,15,22,24-25H2,1-3H3/b27-23+/t35-,36+,38-,40-/m1/s1. The molecular weight excluding hydrogens is 623 g/mol. The summed E-state index contributed by atoms with van der Waals surface area (Å²) in [6.45, 7) is 6.47. The Balaban J connectivity index is 1.15. The zero-order valence-corrected chi connectivity index (χ0v) is 29.0. The van der Waals surface area contributed by atoms with Crippen molar-refractivity contribution in [2.45, 2.75) is 65.3 Å². The predicted octanol–water partition coefficient (Wildman–Crippen LogP) is 8.91. The molecule has 0 unspecified atom stereocenters. The fourth-order valence-electron chi connectivity index (χ4n) is 8.45. The maximum absolute atomic E-state index is 14.3. The highest BCUT2D eigenvalue weighted by Crippen LogP contribution is 2.52. The molecule has 7 rings (SSSR count). The zero-order valence-electron chi connectivity index (χ0n) is 29.0. The molecular formula is C42H45BN2O5. The van der Waals surface area contributed by atoms with E-state index in [4.69, 9.17) is 4.65 Å². The maximum atomic E-state index is 14.3. The Kier molecular flexibility index (Phi) is 9.67. The largest absolute Gasteiger partial charge is 0.507 e. The van der Waals surface area contributed by atoms with Crippen molar-refractivity contribution in [1.82, 2.24) is 0 Å². The zero-order chi connectivity index (χ0) is 34.9. The van der Waals surface area contributed by atoms with Crippen molar-refractivity contribution in [2.24, 2.45) is 23.7 Å². The fraction of sp³-hybridized carbons (Fsp3) is 0.333. The van der Waals surface area contributed by atoms with Crippen molar-refractivity contribution in [3.05, 3.63) is 113 Å². The van der Waals surface area contributed by atoms with Crippen molar-refractivity contribution < 1.29 is 24.4 Å². The number of para-hydroxylation sites is 1. The van der Waals surface area contributed by atoms with Gasteiger partial charge in [-0.05, 0) is 103 Å². The summed E-state index contributed by atoms with van der Waals surface area (Å²) in [6, 6.07) is 28.9. The Hall–Kier alpha value is -4.66. The van der Waals surface area contributed by atoms with Gasteiger partial charge in [0.05, 0.1) is 23.6 Å². The molecule has 2 saturated heterocycles. The summed E-state index contributed by atoms with van der Waals surface area (Å²) in [4.78, 5) is 29.7. The molecule has 2 aliphatic heterocycles. The molecule has 0 saturated carbocycles. The molecule has 4 atom stereocenters. The number of nitrogens with zero attached hydrogens (tertiary/aromatic N) is 1. The topological polar surface area (TPSA) is 99.1 Å². The third kappa shape index (κ3) is 6.50. The normalized spacial score (nSPS) is 22.4. The monoisotopic (exact) mass is 668 g/mol. The van der Waals surface area contributed by atoms with E-state index in [-0.39, 0.29) is 35.5 Å². The van der Waals surface area contributed by atoms with Gasteiger partial charge in [0.2, 0.25) is 11.8 Å². The Labute approximate surface area is 294 Å². The Morgan fingerprint density at radius 1 is 0.900 bits per heavy atom. The highest BCUT2D eigenvalue weighted by molar-refractivity contribution is 6.43. The molecule has 2 heterocycles. The quantitative estimate of drug-likeness (QED) is 0.0887. The second-order valence-corrected chi connectivity index (χ2v) is 14.3. The Bertz CT molecular complexity index is 1950. The summed E-state index contributed by atoms with van der Waals surface area (Å²) in [5.41, 5.74) is 7.03. The second-order valence-electron chi connectivity index (χ2n) is 14.3. The van der Waals surface area contributed by atoms with E-state index >= 15 is 0 Å². The van der Waals surface area contributed by atoms with Crippen LogP contribution in [-0.2, 0) is 14.2 Å². The molecule has 1 aliphatic carbocycles. The second kappa shape index (κ2) is 14.3. The van der Waals surface area contributed by atoms with Crippen LogP contribution in [0.5, 0.6) is 5.75 Å². The number of hydrogen-bond acceptors (Lipinski definition) is 6. The van der Waals surface area contributed by atoms with Crippen LogP contribution < -0.4 is 10.2 Å². The summed E-state index contributed by atoms with van der Waals surface area (Å²) in [5, 5.41) is 26.7. The molecule has 0 radical (unpaired) electrons. The van der Waals surface area contributed by atoms with Crippen LogP contribution in [0.4, 0.5) is 17.1 Å². The van der Waals surface area contributed by atoms with Crippen molar-refractivity contribution in [3.63, 3.8) is 0 Å². The summed E-state index contributed by atoms with van der Waals surface area (Å²) in [6.07, 6.45) is 6.03. The van der Waals surface area contributed by atoms with Crippen LogP contribution in [0.25, 0.3) is 16.8 Å². The van der Waals surface area contributed by atoms with Crippen LogP contribution >= 0.6 is 0 Å². The lowest BCUT2D eigenvalue weighted by Crippen LogP contribution is -2.46. The van der Waals surface area contributed by atoms with E-state index in [1.54, 1.807) is 6.07 Å². The van der Waals surface area contributed by atoms with E-state index in [0.717, 1.165) is 52.5 Å². The summed E-state index contributed by atoms with van der Waals surface area (Å²) in [5.74, 6) is -1.16. The van der Waals surface area contributed by atoms with Crippen LogP contribution in [0.15, 0.2) is 108 Å². The van der Waals surface area contributed by atoms with Crippen molar-refractivity contribution in [1.29, 1.82) is 0 Å². The minimum atomic E-state index is -1.01. The number of benzene rings is 4. The molecule has 4 aromatic carbocycles. The average molecular weight is 669 g/mol. The molecule has 256 valence electrons. The first kappa shape index (κ1) is 33.8. The number of amides is 2. The molecule has 8 heteroatoms. The van der Waals surface area contributed by atoms with E-state index < -0.39 is 19.0 Å². The number of phenolic OH excluding ortho intramolecular Hbond substituents is 1. The molecule has 2 amide bonds. The highest BCUT2D eigenvalue weighted by atomic mass is 16.5. The minimum absolute atomic E-state index is 0.159. The summed E-state index contributed by atoms with van der Waals surface area (Å²) >= 11 is 0. The predicted molar refractivity (Wildman–Crippen MR) is 201 cm³/mol. The van der Waals surface area contributed by atoms with E-state index in [0.29, 0.717) is 24.8 Å². The number of carbonyl (C=O) groups excluding carboxylic acids is 2. The minimum Gasteiger partial charge on any atom is -0.507 e. The number of carbonyl (C=O) groups is 2. The van der Waals surface area contributed by atoms with E-state index in [9.17, 15) is 19.7 Å².